The Labute approximate surface area is 190 Å². The van der Waals surface area contributed by atoms with E-state index >= 15 is 0 Å². The van der Waals surface area contributed by atoms with E-state index in [4.69, 9.17) is 6.57 Å². The molecule has 2 fully saturated rings. The van der Waals surface area contributed by atoms with Gasteiger partial charge in [-0.25, -0.2) is 11.6 Å². The fourth-order valence-electron chi connectivity index (χ4n) is 4.06. The van der Waals surface area contributed by atoms with Crippen molar-refractivity contribution in [3.63, 3.8) is 0 Å². The lowest BCUT2D eigenvalue weighted by atomic mass is 9.96. The summed E-state index contributed by atoms with van der Waals surface area (Å²) >= 11 is 0. The molecular weight excluding hydrogens is 473 g/mol. The van der Waals surface area contributed by atoms with Crippen molar-refractivity contribution in [2.75, 3.05) is 18.0 Å². The summed E-state index contributed by atoms with van der Waals surface area (Å²) in [4.78, 5) is 33.7. The summed E-state index contributed by atoms with van der Waals surface area (Å²) in [7, 11) is 0. The summed E-state index contributed by atoms with van der Waals surface area (Å²) in [6.07, 6.45) is -10.8. The molecule has 0 N–H and O–H groups in total. The van der Waals surface area contributed by atoms with Crippen molar-refractivity contribution in [2.45, 2.75) is 75.8 Å². The number of carbonyl (C=O) groups excluding carboxylic acids is 1. The molecule has 1 aliphatic heterocycles. The SMILES string of the molecule is [C-]#[N+]C1(CC(=O)Cn2c(CCCC(F)(F)F)nc(N3CCC(C(F)(F)F)CC3)c(F)c2=O)CC1. The minimum absolute atomic E-state index is 0.167. The number of aryl methyl sites for hydroxylation is 1. The van der Waals surface area contributed by atoms with Crippen LogP contribution in [0.5, 0.6) is 0 Å². The Bertz CT molecular complexity index is 1010. The van der Waals surface area contributed by atoms with Gasteiger partial charge in [0.2, 0.25) is 11.4 Å². The molecule has 188 valence electrons. The zero-order chi connectivity index (χ0) is 25.3. The topological polar surface area (TPSA) is 59.6 Å². The fourth-order valence-corrected chi connectivity index (χ4v) is 4.06. The minimum atomic E-state index is -4.47. The van der Waals surface area contributed by atoms with Crippen LogP contribution in [0, 0.1) is 18.3 Å². The molecule has 1 aromatic heterocycles. The second-order valence-corrected chi connectivity index (χ2v) is 8.88. The smallest absolute Gasteiger partial charge is 0.354 e. The Balaban J connectivity index is 1.86. The van der Waals surface area contributed by atoms with Crippen molar-refractivity contribution in [3.8, 4) is 0 Å². The molecule has 1 aromatic rings. The highest BCUT2D eigenvalue weighted by molar-refractivity contribution is 5.80. The molecule has 13 heteroatoms. The maximum Gasteiger partial charge on any atom is 0.391 e. The van der Waals surface area contributed by atoms with Gasteiger partial charge in [0, 0.05) is 38.8 Å². The summed E-state index contributed by atoms with van der Waals surface area (Å²) < 4.78 is 92.3. The molecule has 0 spiro atoms. The predicted molar refractivity (Wildman–Crippen MR) is 107 cm³/mol. The molecule has 3 rings (SSSR count). The van der Waals surface area contributed by atoms with Crippen molar-refractivity contribution in [1.29, 1.82) is 0 Å². The number of hydrogen-bond donors (Lipinski definition) is 0. The largest absolute Gasteiger partial charge is 0.391 e. The van der Waals surface area contributed by atoms with Gasteiger partial charge in [-0.15, -0.1) is 0 Å². The molecule has 0 radical (unpaired) electrons. The number of ketones is 1. The van der Waals surface area contributed by atoms with Crippen molar-refractivity contribution in [2.24, 2.45) is 5.92 Å². The zero-order valence-electron chi connectivity index (χ0n) is 18.1. The first-order valence-corrected chi connectivity index (χ1v) is 10.8. The standard InChI is InChI=1S/C21H23F7N4O2/c1-29-19(7-8-19)11-14(33)12-32-15(3-2-6-20(23,24)25)30-17(16(22)18(32)34)31-9-4-13(5-10-31)21(26,27)28/h13H,2-12H2. The van der Waals surface area contributed by atoms with E-state index in [1.807, 2.05) is 0 Å². The van der Waals surface area contributed by atoms with E-state index in [-0.39, 0.29) is 44.6 Å². The molecule has 0 amide bonds. The Hall–Kier alpha value is -2.65. The lowest BCUT2D eigenvalue weighted by molar-refractivity contribution is -0.179. The van der Waals surface area contributed by atoms with E-state index in [9.17, 15) is 40.3 Å². The van der Waals surface area contributed by atoms with Gasteiger partial charge in [0.15, 0.2) is 11.6 Å². The summed E-state index contributed by atoms with van der Waals surface area (Å²) in [6, 6.07) is 0. The number of anilines is 1. The van der Waals surface area contributed by atoms with E-state index in [1.165, 1.54) is 4.90 Å². The van der Waals surface area contributed by atoms with Gasteiger partial charge >= 0.3 is 12.4 Å². The number of rotatable bonds is 8. The van der Waals surface area contributed by atoms with Crippen LogP contribution in [-0.2, 0) is 17.8 Å². The highest BCUT2D eigenvalue weighted by Crippen LogP contribution is 2.43. The maximum atomic E-state index is 14.9. The van der Waals surface area contributed by atoms with Crippen LogP contribution in [0.4, 0.5) is 36.6 Å². The fraction of sp³-hybridized carbons (Fsp3) is 0.714. The first-order valence-electron chi connectivity index (χ1n) is 10.8. The maximum absolute atomic E-state index is 14.9. The summed E-state index contributed by atoms with van der Waals surface area (Å²) in [5.74, 6) is -4.26. The van der Waals surface area contributed by atoms with Crippen LogP contribution < -0.4 is 10.5 Å². The van der Waals surface area contributed by atoms with Crippen LogP contribution in [0.25, 0.3) is 4.85 Å². The number of alkyl halides is 6. The number of Topliss-reactive ketones (excluding diaryl/α,β-unsaturated/α-hetero) is 1. The van der Waals surface area contributed by atoms with Crippen LogP contribution in [-0.4, -0.2) is 46.3 Å². The van der Waals surface area contributed by atoms with Gasteiger partial charge in [-0.2, -0.15) is 30.7 Å². The van der Waals surface area contributed by atoms with Crippen LogP contribution in [0.2, 0.25) is 0 Å². The molecule has 1 aliphatic carbocycles. The third-order valence-electron chi connectivity index (χ3n) is 6.22. The second-order valence-electron chi connectivity index (χ2n) is 8.88. The Morgan fingerprint density at radius 3 is 2.26 bits per heavy atom. The van der Waals surface area contributed by atoms with Gasteiger partial charge in [-0.1, -0.05) is 0 Å². The van der Waals surface area contributed by atoms with E-state index in [0.717, 1.165) is 0 Å². The molecule has 0 aromatic carbocycles. The lowest BCUT2D eigenvalue weighted by Crippen LogP contribution is -2.42. The molecule has 6 nitrogen and oxygen atoms in total. The zero-order valence-corrected chi connectivity index (χ0v) is 18.1. The molecule has 2 heterocycles. The molecule has 34 heavy (non-hydrogen) atoms. The van der Waals surface area contributed by atoms with Crippen LogP contribution in [0.1, 0.15) is 50.8 Å². The highest BCUT2D eigenvalue weighted by Gasteiger charge is 2.52. The minimum Gasteiger partial charge on any atom is -0.354 e. The van der Waals surface area contributed by atoms with Crippen LogP contribution in [0.15, 0.2) is 4.79 Å². The van der Waals surface area contributed by atoms with Crippen LogP contribution >= 0.6 is 0 Å². The summed E-state index contributed by atoms with van der Waals surface area (Å²) in [5, 5.41) is 0. The third-order valence-corrected chi connectivity index (χ3v) is 6.22. The average molecular weight is 496 g/mol. The van der Waals surface area contributed by atoms with Crippen molar-refractivity contribution in [3.05, 3.63) is 33.4 Å². The first-order chi connectivity index (χ1) is 15.7. The average Bonchev–Trinajstić information content (AvgIpc) is 3.51. The van der Waals surface area contributed by atoms with E-state index < -0.39 is 66.2 Å². The van der Waals surface area contributed by atoms with Gasteiger partial charge in [-0.05, 0) is 19.3 Å². The van der Waals surface area contributed by atoms with Gasteiger partial charge < -0.3 is 9.74 Å². The first kappa shape index (κ1) is 26.0. The summed E-state index contributed by atoms with van der Waals surface area (Å²) in [5.41, 5.74) is -2.11. The molecule has 0 unspecified atom stereocenters. The van der Waals surface area contributed by atoms with Crippen molar-refractivity contribution < 1.29 is 35.5 Å². The normalized spacial score (nSPS) is 18.6. The Kier molecular flexibility index (Phi) is 7.28. The third kappa shape index (κ3) is 6.27. The molecule has 1 saturated heterocycles. The molecule has 2 aliphatic rings. The van der Waals surface area contributed by atoms with E-state index in [1.54, 1.807) is 0 Å². The Morgan fingerprint density at radius 1 is 1.15 bits per heavy atom. The molecular formula is C21H23F7N4O2. The second kappa shape index (κ2) is 9.54. The van der Waals surface area contributed by atoms with Crippen molar-refractivity contribution in [1.82, 2.24) is 9.55 Å². The number of halogens is 7. The van der Waals surface area contributed by atoms with E-state index in [0.29, 0.717) is 17.4 Å². The van der Waals surface area contributed by atoms with Crippen molar-refractivity contribution >= 4 is 11.6 Å². The molecule has 0 atom stereocenters. The number of nitrogens with zero attached hydrogens (tertiary/aromatic N) is 4. The van der Waals surface area contributed by atoms with Gasteiger partial charge in [0.1, 0.15) is 5.82 Å². The lowest BCUT2D eigenvalue weighted by Gasteiger charge is -2.34. The van der Waals surface area contributed by atoms with Gasteiger partial charge in [0.25, 0.3) is 5.56 Å². The van der Waals surface area contributed by atoms with Gasteiger partial charge in [-0.3, -0.25) is 14.2 Å². The number of aromatic nitrogens is 2. The Morgan fingerprint density at radius 2 is 1.76 bits per heavy atom. The monoisotopic (exact) mass is 496 g/mol. The number of hydrogen-bond acceptors (Lipinski definition) is 4. The highest BCUT2D eigenvalue weighted by atomic mass is 19.4. The molecule has 1 saturated carbocycles. The number of piperidine rings is 1. The van der Waals surface area contributed by atoms with Gasteiger partial charge in [0.05, 0.1) is 18.9 Å². The van der Waals surface area contributed by atoms with Crippen LogP contribution in [0.3, 0.4) is 0 Å². The van der Waals surface area contributed by atoms with E-state index in [2.05, 4.69) is 9.83 Å². The summed E-state index contributed by atoms with van der Waals surface area (Å²) in [6.45, 7) is 6.05. The number of carbonyl (C=O) groups is 1. The molecule has 0 bridgehead atoms. The predicted octanol–water partition coefficient (Wildman–Crippen LogP) is 4.46. The quantitative estimate of drug-likeness (QED) is 0.394.